The molecule has 0 aliphatic heterocycles. The molecule has 0 spiro atoms. The lowest BCUT2D eigenvalue weighted by Gasteiger charge is -2.28. The van der Waals surface area contributed by atoms with Crippen LogP contribution in [0.4, 0.5) is 0 Å². The Labute approximate surface area is 185 Å². The van der Waals surface area contributed by atoms with Gasteiger partial charge in [0.2, 0.25) is 0 Å². The predicted molar refractivity (Wildman–Crippen MR) is 121 cm³/mol. The number of rotatable bonds is 4. The molecule has 7 nitrogen and oxygen atoms in total. The summed E-state index contributed by atoms with van der Waals surface area (Å²) in [5.41, 5.74) is 4.11. The van der Waals surface area contributed by atoms with Crippen LogP contribution in [0.3, 0.4) is 0 Å². The normalized spacial score (nSPS) is 18.5. The number of benzene rings is 1. The van der Waals surface area contributed by atoms with Gasteiger partial charge in [0.25, 0.3) is 5.56 Å². The van der Waals surface area contributed by atoms with E-state index in [0.717, 1.165) is 41.6 Å². The Bertz CT molecular complexity index is 1330. The van der Waals surface area contributed by atoms with Crippen LogP contribution in [-0.2, 0) is 9.53 Å². The van der Waals surface area contributed by atoms with Crippen molar-refractivity contribution >= 4 is 11.5 Å². The monoisotopic (exact) mass is 428 g/mol. The summed E-state index contributed by atoms with van der Waals surface area (Å²) in [4.78, 5) is 24.9. The highest BCUT2D eigenvalue weighted by Crippen LogP contribution is 2.35. The largest absolute Gasteiger partial charge is 0.469 e. The Morgan fingerprint density at radius 2 is 1.81 bits per heavy atom. The molecule has 1 fully saturated rings. The average molecular weight is 428 g/mol. The maximum Gasteiger partial charge on any atom is 0.308 e. The topological polar surface area (TPSA) is 78.5 Å². The highest BCUT2D eigenvalue weighted by molar-refractivity contribution is 5.90. The Kier molecular flexibility index (Phi) is 5.31. The van der Waals surface area contributed by atoms with Crippen LogP contribution in [-0.4, -0.2) is 32.5 Å². The molecule has 0 radical (unpaired) electrons. The average Bonchev–Trinajstić information content (AvgIpc) is 3.24. The zero-order valence-electron chi connectivity index (χ0n) is 17.8. The molecule has 1 saturated carbocycles. The van der Waals surface area contributed by atoms with Crippen LogP contribution in [0.5, 0.6) is 0 Å². The van der Waals surface area contributed by atoms with Crippen molar-refractivity contribution in [2.75, 3.05) is 7.11 Å². The first kappa shape index (κ1) is 20.2. The van der Waals surface area contributed by atoms with Gasteiger partial charge in [-0.15, -0.1) is 0 Å². The Hall–Kier alpha value is -3.74. The van der Waals surface area contributed by atoms with Crippen LogP contribution in [0.2, 0.25) is 0 Å². The summed E-state index contributed by atoms with van der Waals surface area (Å²) in [6.07, 6.45) is 4.91. The summed E-state index contributed by atoms with van der Waals surface area (Å²) in [6, 6.07) is 19.0. The van der Waals surface area contributed by atoms with Gasteiger partial charge in [0.15, 0.2) is 0 Å². The second kappa shape index (κ2) is 8.42. The van der Waals surface area contributed by atoms with E-state index in [1.807, 2.05) is 59.2 Å². The lowest BCUT2D eigenvalue weighted by atomic mass is 9.86. The maximum atomic E-state index is 12.8. The zero-order chi connectivity index (χ0) is 22.1. The molecule has 3 aromatic heterocycles. The van der Waals surface area contributed by atoms with E-state index in [4.69, 9.17) is 14.9 Å². The maximum absolute atomic E-state index is 12.8. The lowest BCUT2D eigenvalue weighted by molar-refractivity contribution is -0.147. The van der Waals surface area contributed by atoms with E-state index in [0.29, 0.717) is 12.1 Å². The molecule has 1 aliphatic carbocycles. The minimum Gasteiger partial charge on any atom is -0.469 e. The van der Waals surface area contributed by atoms with Crippen LogP contribution in [0.1, 0.15) is 31.7 Å². The molecular weight excluding hydrogens is 404 g/mol. The second-order valence-electron chi connectivity index (χ2n) is 8.16. The molecule has 2 atom stereocenters. The van der Waals surface area contributed by atoms with Crippen molar-refractivity contribution in [2.45, 2.75) is 31.7 Å². The standard InChI is InChI=1S/C25H24N4O3/c1-32-25(31)18-10-7-11-19(16-18)29-22(30)14-13-20(26-29)23-21-12-5-6-15-28(21)27-24(23)17-8-3-2-4-9-17/h2-6,8-9,12-15,18-19H,7,10-11,16H2,1H3. The van der Waals surface area contributed by atoms with Crippen molar-refractivity contribution in [3.8, 4) is 22.5 Å². The number of carbonyl (C=O) groups is 1. The number of methoxy groups -OCH3 is 1. The van der Waals surface area contributed by atoms with E-state index in [9.17, 15) is 9.59 Å². The highest BCUT2D eigenvalue weighted by Gasteiger charge is 2.30. The van der Waals surface area contributed by atoms with Crippen molar-refractivity contribution in [3.05, 3.63) is 77.2 Å². The summed E-state index contributed by atoms with van der Waals surface area (Å²) < 4.78 is 8.33. The van der Waals surface area contributed by atoms with E-state index in [1.165, 1.54) is 7.11 Å². The highest BCUT2D eigenvalue weighted by atomic mass is 16.5. The summed E-state index contributed by atoms with van der Waals surface area (Å²) in [7, 11) is 1.41. The van der Waals surface area contributed by atoms with Gasteiger partial charge < -0.3 is 4.74 Å². The van der Waals surface area contributed by atoms with Gasteiger partial charge >= 0.3 is 5.97 Å². The number of carbonyl (C=O) groups excluding carboxylic acids is 1. The third-order valence-electron chi connectivity index (χ3n) is 6.20. The van der Waals surface area contributed by atoms with Gasteiger partial charge in [-0.3, -0.25) is 9.59 Å². The molecule has 7 heteroatoms. The number of fused-ring (bicyclic) bond motifs is 1. The molecule has 0 amide bonds. The molecule has 0 saturated heterocycles. The first-order valence-electron chi connectivity index (χ1n) is 10.9. The first-order chi connectivity index (χ1) is 15.7. The molecule has 1 aliphatic rings. The zero-order valence-corrected chi connectivity index (χ0v) is 17.8. The van der Waals surface area contributed by atoms with Crippen molar-refractivity contribution in [1.82, 2.24) is 19.4 Å². The molecule has 0 N–H and O–H groups in total. The quantitative estimate of drug-likeness (QED) is 0.457. The fraction of sp³-hybridized carbons (Fsp3) is 0.280. The Balaban J connectivity index is 1.63. The van der Waals surface area contributed by atoms with Gasteiger partial charge in [0.05, 0.1) is 35.8 Å². The first-order valence-corrected chi connectivity index (χ1v) is 10.9. The second-order valence-corrected chi connectivity index (χ2v) is 8.16. The van der Waals surface area contributed by atoms with Crippen molar-refractivity contribution < 1.29 is 9.53 Å². The number of hydrogen-bond acceptors (Lipinski definition) is 5. The molecule has 5 rings (SSSR count). The van der Waals surface area contributed by atoms with Gasteiger partial charge in [0.1, 0.15) is 5.69 Å². The molecule has 1 aromatic carbocycles. The Morgan fingerprint density at radius 1 is 1.00 bits per heavy atom. The van der Waals surface area contributed by atoms with Gasteiger partial charge in [0, 0.05) is 17.8 Å². The van der Waals surface area contributed by atoms with Gasteiger partial charge in [-0.1, -0.05) is 42.8 Å². The van der Waals surface area contributed by atoms with Crippen LogP contribution in [0, 0.1) is 5.92 Å². The molecule has 32 heavy (non-hydrogen) atoms. The SMILES string of the molecule is COC(=O)C1CCCC(n2nc(-c3c(-c4ccccc4)nn4ccccc34)ccc2=O)C1. The lowest BCUT2D eigenvalue weighted by Crippen LogP contribution is -2.32. The van der Waals surface area contributed by atoms with E-state index in [-0.39, 0.29) is 23.5 Å². The Morgan fingerprint density at radius 3 is 2.62 bits per heavy atom. The summed E-state index contributed by atoms with van der Waals surface area (Å²) >= 11 is 0. The van der Waals surface area contributed by atoms with Gasteiger partial charge in [-0.2, -0.15) is 10.2 Å². The van der Waals surface area contributed by atoms with Crippen LogP contribution < -0.4 is 5.56 Å². The third-order valence-corrected chi connectivity index (χ3v) is 6.20. The van der Waals surface area contributed by atoms with Crippen LogP contribution >= 0.6 is 0 Å². The van der Waals surface area contributed by atoms with Crippen LogP contribution in [0.15, 0.2) is 71.7 Å². The third kappa shape index (κ3) is 3.60. The number of aromatic nitrogens is 4. The number of esters is 1. The van der Waals surface area contributed by atoms with Crippen molar-refractivity contribution in [1.29, 1.82) is 0 Å². The van der Waals surface area contributed by atoms with Gasteiger partial charge in [-0.25, -0.2) is 9.20 Å². The van der Waals surface area contributed by atoms with E-state index < -0.39 is 0 Å². The van der Waals surface area contributed by atoms with E-state index in [2.05, 4.69) is 0 Å². The minimum absolute atomic E-state index is 0.137. The molecule has 4 aromatic rings. The number of hydrogen-bond donors (Lipinski definition) is 0. The molecule has 162 valence electrons. The summed E-state index contributed by atoms with van der Waals surface area (Å²) in [5.74, 6) is -0.416. The number of ether oxygens (including phenoxy) is 1. The minimum atomic E-state index is -0.215. The predicted octanol–water partition coefficient (Wildman–Crippen LogP) is 4.13. The molecular formula is C25H24N4O3. The summed E-state index contributed by atoms with van der Waals surface area (Å²) in [6.45, 7) is 0. The van der Waals surface area contributed by atoms with Crippen molar-refractivity contribution in [3.63, 3.8) is 0 Å². The van der Waals surface area contributed by atoms with Crippen LogP contribution in [0.25, 0.3) is 28.0 Å². The number of nitrogens with zero attached hydrogens (tertiary/aromatic N) is 4. The van der Waals surface area contributed by atoms with Crippen molar-refractivity contribution in [2.24, 2.45) is 5.92 Å². The fourth-order valence-corrected chi connectivity index (χ4v) is 4.64. The number of pyridine rings is 1. The summed E-state index contributed by atoms with van der Waals surface area (Å²) in [5, 5.41) is 9.59. The smallest absolute Gasteiger partial charge is 0.308 e. The van der Waals surface area contributed by atoms with E-state index >= 15 is 0 Å². The molecule has 2 unspecified atom stereocenters. The molecule has 0 bridgehead atoms. The fourth-order valence-electron chi connectivity index (χ4n) is 4.64. The molecule has 3 heterocycles. The van der Waals surface area contributed by atoms with Gasteiger partial charge in [-0.05, 0) is 37.5 Å². The van der Waals surface area contributed by atoms with E-state index in [1.54, 1.807) is 16.8 Å².